The van der Waals surface area contributed by atoms with E-state index >= 15 is 0 Å². The van der Waals surface area contributed by atoms with Crippen molar-refractivity contribution in [3.63, 3.8) is 0 Å². The van der Waals surface area contributed by atoms with Crippen LogP contribution >= 0.6 is 11.8 Å². The van der Waals surface area contributed by atoms with E-state index in [0.29, 0.717) is 18.3 Å². The standard InChI is InChI=1S/C14H19N3O2S/c1-10-9-17(7-8-20-10)14(18)12(13(15)16-19)11-5-3-2-4-6-11/h2-6,10,12,19H,7-9H2,1H3,(H2,15,16). The van der Waals surface area contributed by atoms with Crippen molar-refractivity contribution in [2.75, 3.05) is 18.8 Å². The summed E-state index contributed by atoms with van der Waals surface area (Å²) in [6.07, 6.45) is 0. The summed E-state index contributed by atoms with van der Waals surface area (Å²) in [6.45, 7) is 3.51. The maximum atomic E-state index is 12.7. The number of benzene rings is 1. The molecule has 1 aliphatic rings. The molecule has 0 saturated carbocycles. The van der Waals surface area contributed by atoms with Crippen molar-refractivity contribution in [1.29, 1.82) is 0 Å². The summed E-state index contributed by atoms with van der Waals surface area (Å²) in [7, 11) is 0. The van der Waals surface area contributed by atoms with E-state index < -0.39 is 5.92 Å². The van der Waals surface area contributed by atoms with E-state index in [2.05, 4.69) is 12.1 Å². The minimum atomic E-state index is -0.712. The monoisotopic (exact) mass is 293 g/mol. The largest absolute Gasteiger partial charge is 0.409 e. The van der Waals surface area contributed by atoms with E-state index in [1.165, 1.54) is 0 Å². The molecule has 2 atom stereocenters. The predicted molar refractivity (Wildman–Crippen MR) is 81.1 cm³/mol. The topological polar surface area (TPSA) is 78.9 Å². The van der Waals surface area contributed by atoms with Crippen LogP contribution in [0.4, 0.5) is 0 Å². The number of nitrogens with two attached hydrogens (primary N) is 1. The molecule has 20 heavy (non-hydrogen) atoms. The lowest BCUT2D eigenvalue weighted by Crippen LogP contribution is -2.46. The zero-order chi connectivity index (χ0) is 14.5. The first-order valence-electron chi connectivity index (χ1n) is 6.56. The Bertz CT molecular complexity index is 492. The number of hydrogen-bond donors (Lipinski definition) is 2. The first-order valence-corrected chi connectivity index (χ1v) is 7.61. The SMILES string of the molecule is CC1CN(C(=O)C(/C(N)=N/O)c2ccccc2)CCS1. The first-order chi connectivity index (χ1) is 9.63. The molecule has 3 N–H and O–H groups in total. The molecule has 1 heterocycles. The molecule has 2 rings (SSSR count). The molecule has 0 aromatic heterocycles. The van der Waals surface area contributed by atoms with Crippen LogP contribution in [-0.4, -0.2) is 45.9 Å². The van der Waals surface area contributed by atoms with Crippen molar-refractivity contribution in [2.45, 2.75) is 18.1 Å². The number of carbonyl (C=O) groups is 1. The Morgan fingerprint density at radius 1 is 1.50 bits per heavy atom. The van der Waals surface area contributed by atoms with Gasteiger partial charge in [0.2, 0.25) is 5.91 Å². The number of carbonyl (C=O) groups excluding carboxylic acids is 1. The molecule has 5 nitrogen and oxygen atoms in total. The Kier molecular flexibility index (Phi) is 4.89. The molecule has 1 fully saturated rings. The molecule has 0 bridgehead atoms. The Balaban J connectivity index is 2.25. The van der Waals surface area contributed by atoms with Gasteiger partial charge in [0.05, 0.1) is 0 Å². The third-order valence-electron chi connectivity index (χ3n) is 3.34. The molecule has 0 radical (unpaired) electrons. The van der Waals surface area contributed by atoms with E-state index in [1.54, 1.807) is 4.90 Å². The van der Waals surface area contributed by atoms with Crippen LogP contribution in [0.3, 0.4) is 0 Å². The zero-order valence-corrected chi connectivity index (χ0v) is 12.2. The van der Waals surface area contributed by atoms with Crippen molar-refractivity contribution in [3.8, 4) is 0 Å². The second-order valence-corrected chi connectivity index (χ2v) is 6.38. The second-order valence-electron chi connectivity index (χ2n) is 4.83. The van der Waals surface area contributed by atoms with Crippen LogP contribution in [-0.2, 0) is 4.79 Å². The molecular weight excluding hydrogens is 274 g/mol. The quantitative estimate of drug-likeness (QED) is 0.383. The number of hydrogen-bond acceptors (Lipinski definition) is 4. The van der Waals surface area contributed by atoms with Gasteiger partial charge in [0.25, 0.3) is 0 Å². The highest BCUT2D eigenvalue weighted by Crippen LogP contribution is 2.24. The third kappa shape index (κ3) is 3.25. The van der Waals surface area contributed by atoms with E-state index in [0.717, 1.165) is 11.3 Å². The van der Waals surface area contributed by atoms with Gasteiger partial charge in [-0.25, -0.2) is 0 Å². The molecule has 0 spiro atoms. The normalized spacial score (nSPS) is 21.6. The van der Waals surface area contributed by atoms with E-state index in [-0.39, 0.29) is 11.7 Å². The summed E-state index contributed by atoms with van der Waals surface area (Å²) in [5.74, 6) is 0.0483. The molecule has 1 aromatic carbocycles. The number of thioether (sulfide) groups is 1. The lowest BCUT2D eigenvalue weighted by Gasteiger charge is -2.33. The van der Waals surface area contributed by atoms with Gasteiger partial charge in [-0.2, -0.15) is 11.8 Å². The zero-order valence-electron chi connectivity index (χ0n) is 11.4. The molecule has 0 aliphatic carbocycles. The van der Waals surface area contributed by atoms with Gasteiger partial charge >= 0.3 is 0 Å². The molecule has 1 amide bonds. The van der Waals surface area contributed by atoms with Crippen molar-refractivity contribution in [3.05, 3.63) is 35.9 Å². The van der Waals surface area contributed by atoms with Crippen LogP contribution in [0, 0.1) is 0 Å². The minimum absolute atomic E-state index is 0.0629. The summed E-state index contributed by atoms with van der Waals surface area (Å²) < 4.78 is 0. The maximum Gasteiger partial charge on any atom is 0.237 e. The van der Waals surface area contributed by atoms with Crippen LogP contribution in [0.15, 0.2) is 35.5 Å². The fourth-order valence-electron chi connectivity index (χ4n) is 2.34. The first kappa shape index (κ1) is 14.7. The highest BCUT2D eigenvalue weighted by atomic mass is 32.2. The molecular formula is C14H19N3O2S. The van der Waals surface area contributed by atoms with Gasteiger partial charge in [-0.3, -0.25) is 4.79 Å². The average molecular weight is 293 g/mol. The minimum Gasteiger partial charge on any atom is -0.409 e. The van der Waals surface area contributed by atoms with Gasteiger partial charge in [0.15, 0.2) is 5.84 Å². The number of nitrogens with zero attached hydrogens (tertiary/aromatic N) is 2. The van der Waals surface area contributed by atoms with E-state index in [4.69, 9.17) is 10.9 Å². The third-order valence-corrected chi connectivity index (χ3v) is 4.48. The number of amides is 1. The Labute approximate surface area is 122 Å². The van der Waals surface area contributed by atoms with E-state index in [9.17, 15) is 4.79 Å². The number of oxime groups is 1. The van der Waals surface area contributed by atoms with Gasteiger partial charge in [-0.15, -0.1) is 0 Å². The number of amidine groups is 1. The van der Waals surface area contributed by atoms with Gasteiger partial charge in [-0.05, 0) is 5.56 Å². The Hall–Kier alpha value is -1.69. The summed E-state index contributed by atoms with van der Waals surface area (Å²) in [5, 5.41) is 12.4. The Morgan fingerprint density at radius 3 is 2.80 bits per heavy atom. The fraction of sp³-hybridized carbons (Fsp3) is 0.429. The summed E-state index contributed by atoms with van der Waals surface area (Å²) in [4.78, 5) is 14.5. The van der Waals surface area contributed by atoms with Crippen molar-refractivity contribution in [2.24, 2.45) is 10.9 Å². The molecule has 6 heteroatoms. The summed E-state index contributed by atoms with van der Waals surface area (Å²) >= 11 is 1.86. The van der Waals surface area contributed by atoms with Crippen LogP contribution in [0.5, 0.6) is 0 Å². The number of rotatable bonds is 3. The molecule has 2 unspecified atom stereocenters. The van der Waals surface area contributed by atoms with Gasteiger partial charge < -0.3 is 15.8 Å². The average Bonchev–Trinajstić information content (AvgIpc) is 2.48. The fourth-order valence-corrected chi connectivity index (χ4v) is 3.36. The van der Waals surface area contributed by atoms with Crippen molar-refractivity contribution < 1.29 is 10.0 Å². The van der Waals surface area contributed by atoms with Crippen molar-refractivity contribution in [1.82, 2.24) is 4.90 Å². The van der Waals surface area contributed by atoms with Crippen molar-refractivity contribution >= 4 is 23.5 Å². The van der Waals surface area contributed by atoms with Crippen LogP contribution in [0.25, 0.3) is 0 Å². The predicted octanol–water partition coefficient (Wildman–Crippen LogP) is 1.48. The van der Waals surface area contributed by atoms with E-state index in [1.807, 2.05) is 42.1 Å². The summed E-state index contributed by atoms with van der Waals surface area (Å²) in [5.41, 5.74) is 6.49. The lowest BCUT2D eigenvalue weighted by atomic mass is 9.96. The van der Waals surface area contributed by atoms with Crippen LogP contribution < -0.4 is 5.73 Å². The van der Waals surface area contributed by atoms with Gasteiger partial charge in [0.1, 0.15) is 5.92 Å². The second kappa shape index (κ2) is 6.65. The van der Waals surface area contributed by atoms with Crippen LogP contribution in [0.1, 0.15) is 18.4 Å². The molecule has 1 saturated heterocycles. The Morgan fingerprint density at radius 2 is 2.20 bits per heavy atom. The van der Waals surface area contributed by atoms with Gasteiger partial charge in [-0.1, -0.05) is 42.4 Å². The highest BCUT2D eigenvalue weighted by molar-refractivity contribution is 7.99. The summed E-state index contributed by atoms with van der Waals surface area (Å²) in [6, 6.07) is 9.20. The molecule has 1 aliphatic heterocycles. The molecule has 1 aromatic rings. The lowest BCUT2D eigenvalue weighted by molar-refractivity contribution is -0.131. The smallest absolute Gasteiger partial charge is 0.237 e. The van der Waals surface area contributed by atoms with Gasteiger partial charge in [0, 0.05) is 24.1 Å². The maximum absolute atomic E-state index is 12.7. The van der Waals surface area contributed by atoms with Crippen LogP contribution in [0.2, 0.25) is 0 Å². The molecule has 108 valence electrons. The highest BCUT2D eigenvalue weighted by Gasteiger charge is 2.31.